The Kier molecular flexibility index (Phi) is 3.91. The molecule has 4 nitrogen and oxygen atoms in total. The maximum absolute atomic E-state index is 6.34. The number of hydrogen-bond acceptors (Lipinski definition) is 3. The molecule has 0 aliphatic heterocycles. The molecule has 0 spiro atoms. The zero-order chi connectivity index (χ0) is 23.6. The molecule has 36 heavy (non-hydrogen) atoms. The first-order chi connectivity index (χ1) is 17.8. The molecule has 0 atom stereocenters. The fourth-order valence-corrected chi connectivity index (χ4v) is 5.34. The first kappa shape index (κ1) is 19.4. The molecule has 0 saturated carbocycles. The number of furan rings is 1. The smallest absolute Gasteiger partial charge is 0.165 e. The maximum atomic E-state index is 6.34. The van der Waals surface area contributed by atoms with Gasteiger partial charge in [0.25, 0.3) is 0 Å². The summed E-state index contributed by atoms with van der Waals surface area (Å²) in [5.41, 5.74) is 9.63. The first-order valence-corrected chi connectivity index (χ1v) is 12.0. The van der Waals surface area contributed by atoms with Crippen LogP contribution in [0.1, 0.15) is 0 Å². The zero-order valence-corrected chi connectivity index (χ0v) is 19.2. The second-order valence-corrected chi connectivity index (χ2v) is 9.07. The van der Waals surface area contributed by atoms with Crippen LogP contribution in [0.2, 0.25) is 0 Å². The third-order valence-corrected chi connectivity index (χ3v) is 6.99. The average molecular weight is 462 g/mol. The summed E-state index contributed by atoms with van der Waals surface area (Å²) in [6.45, 7) is 0. The molecular formula is C32H19N3O. The van der Waals surface area contributed by atoms with Crippen LogP contribution >= 0.6 is 0 Å². The lowest BCUT2D eigenvalue weighted by atomic mass is 10.0. The molecule has 0 bridgehead atoms. The summed E-state index contributed by atoms with van der Waals surface area (Å²) < 4.78 is 8.54. The van der Waals surface area contributed by atoms with Crippen molar-refractivity contribution >= 4 is 55.0 Å². The van der Waals surface area contributed by atoms with Crippen molar-refractivity contribution in [3.63, 3.8) is 0 Å². The van der Waals surface area contributed by atoms with E-state index in [9.17, 15) is 0 Å². The van der Waals surface area contributed by atoms with E-state index in [1.165, 1.54) is 0 Å². The van der Waals surface area contributed by atoms with Gasteiger partial charge in [-0.25, -0.2) is 9.97 Å². The first-order valence-electron chi connectivity index (χ1n) is 12.0. The summed E-state index contributed by atoms with van der Waals surface area (Å²) in [6, 6.07) is 39.5. The molecule has 0 saturated heterocycles. The summed E-state index contributed by atoms with van der Waals surface area (Å²) in [7, 11) is 0. The van der Waals surface area contributed by atoms with Gasteiger partial charge in [-0.05, 0) is 48.0 Å². The Hall–Kier alpha value is -4.96. The number of fused-ring (bicyclic) bond motifs is 7. The van der Waals surface area contributed by atoms with Crippen molar-refractivity contribution in [3.05, 3.63) is 115 Å². The predicted molar refractivity (Wildman–Crippen MR) is 147 cm³/mol. The molecule has 0 radical (unpaired) electrons. The Morgan fingerprint density at radius 3 is 2.22 bits per heavy atom. The van der Waals surface area contributed by atoms with Gasteiger partial charge in [-0.3, -0.25) is 4.57 Å². The number of hydrogen-bond donors (Lipinski definition) is 0. The zero-order valence-electron chi connectivity index (χ0n) is 19.2. The van der Waals surface area contributed by atoms with Crippen LogP contribution in [0.5, 0.6) is 0 Å². The third-order valence-electron chi connectivity index (χ3n) is 6.99. The number of aromatic nitrogens is 3. The lowest BCUT2D eigenvalue weighted by molar-refractivity contribution is 0.670. The predicted octanol–water partition coefficient (Wildman–Crippen LogP) is 8.29. The van der Waals surface area contributed by atoms with Crippen molar-refractivity contribution in [2.45, 2.75) is 0 Å². The normalized spacial score (nSPS) is 11.9. The van der Waals surface area contributed by atoms with E-state index < -0.39 is 0 Å². The van der Waals surface area contributed by atoms with Crippen LogP contribution in [0.15, 0.2) is 120 Å². The fourth-order valence-electron chi connectivity index (χ4n) is 5.34. The molecule has 0 aliphatic rings. The van der Waals surface area contributed by atoms with Crippen LogP contribution in [0.4, 0.5) is 0 Å². The summed E-state index contributed by atoms with van der Waals surface area (Å²) in [5.74, 6) is 0. The van der Waals surface area contributed by atoms with Crippen LogP contribution in [0.3, 0.4) is 0 Å². The molecule has 0 aliphatic carbocycles. The number of para-hydroxylation sites is 5. The van der Waals surface area contributed by atoms with E-state index in [0.29, 0.717) is 0 Å². The molecule has 8 aromatic rings. The second kappa shape index (κ2) is 7.27. The number of nitrogens with zero attached hydrogens (tertiary/aromatic N) is 3. The average Bonchev–Trinajstić information content (AvgIpc) is 3.47. The Morgan fingerprint density at radius 2 is 1.33 bits per heavy atom. The molecule has 8 rings (SSSR count). The van der Waals surface area contributed by atoms with Crippen molar-refractivity contribution in [1.29, 1.82) is 0 Å². The van der Waals surface area contributed by atoms with E-state index >= 15 is 0 Å². The van der Waals surface area contributed by atoms with Gasteiger partial charge < -0.3 is 4.42 Å². The van der Waals surface area contributed by atoms with Gasteiger partial charge in [-0.15, -0.1) is 0 Å². The van der Waals surface area contributed by atoms with Gasteiger partial charge in [-0.1, -0.05) is 72.8 Å². The standard InChI is InChI=1S/C32H19N3O/c1-2-9-21(10-3-1)35-28-18-17-20(19-25(28)30-32(35)34-27-15-6-5-14-26(27)33-30)22-12-8-13-24-23-11-4-7-16-29(23)36-31(22)24/h1-19H. The van der Waals surface area contributed by atoms with Crippen LogP contribution in [0, 0.1) is 0 Å². The van der Waals surface area contributed by atoms with Gasteiger partial charge in [0, 0.05) is 27.4 Å². The lowest BCUT2D eigenvalue weighted by Gasteiger charge is -2.07. The summed E-state index contributed by atoms with van der Waals surface area (Å²) >= 11 is 0. The quantitative estimate of drug-likeness (QED) is 0.260. The van der Waals surface area contributed by atoms with E-state index in [1.54, 1.807) is 0 Å². The third kappa shape index (κ3) is 2.70. The van der Waals surface area contributed by atoms with Crippen LogP contribution < -0.4 is 0 Å². The lowest BCUT2D eigenvalue weighted by Crippen LogP contribution is -1.96. The molecular weight excluding hydrogens is 442 g/mol. The highest BCUT2D eigenvalue weighted by Crippen LogP contribution is 2.38. The molecule has 3 heterocycles. The fraction of sp³-hybridized carbons (Fsp3) is 0. The Bertz CT molecular complexity index is 2100. The van der Waals surface area contributed by atoms with Gasteiger partial charge in [0.2, 0.25) is 0 Å². The molecule has 0 amide bonds. The largest absolute Gasteiger partial charge is 0.455 e. The van der Waals surface area contributed by atoms with Crippen molar-refractivity contribution in [2.24, 2.45) is 0 Å². The molecule has 5 aromatic carbocycles. The van der Waals surface area contributed by atoms with E-state index in [0.717, 1.165) is 71.9 Å². The molecule has 168 valence electrons. The monoisotopic (exact) mass is 461 g/mol. The topological polar surface area (TPSA) is 43.9 Å². The molecule has 0 unspecified atom stereocenters. The molecule has 0 N–H and O–H groups in total. The molecule has 3 aromatic heterocycles. The van der Waals surface area contributed by atoms with Crippen molar-refractivity contribution in [2.75, 3.05) is 0 Å². The summed E-state index contributed by atoms with van der Waals surface area (Å²) in [5, 5.41) is 3.33. The molecule has 0 fully saturated rings. The van der Waals surface area contributed by atoms with Gasteiger partial charge in [-0.2, -0.15) is 0 Å². The Morgan fingerprint density at radius 1 is 0.583 bits per heavy atom. The number of rotatable bonds is 2. The Labute approximate surface area is 206 Å². The minimum atomic E-state index is 0.856. The van der Waals surface area contributed by atoms with Gasteiger partial charge >= 0.3 is 0 Å². The summed E-state index contributed by atoms with van der Waals surface area (Å²) in [6.07, 6.45) is 0. The van der Waals surface area contributed by atoms with E-state index in [2.05, 4.69) is 77.4 Å². The minimum Gasteiger partial charge on any atom is -0.455 e. The highest BCUT2D eigenvalue weighted by atomic mass is 16.3. The highest BCUT2D eigenvalue weighted by Gasteiger charge is 2.18. The van der Waals surface area contributed by atoms with Crippen molar-refractivity contribution in [1.82, 2.24) is 14.5 Å². The van der Waals surface area contributed by atoms with Crippen molar-refractivity contribution < 1.29 is 4.42 Å². The van der Waals surface area contributed by atoms with Crippen LogP contribution in [0.25, 0.3) is 71.9 Å². The van der Waals surface area contributed by atoms with Crippen LogP contribution in [-0.4, -0.2) is 14.5 Å². The highest BCUT2D eigenvalue weighted by molar-refractivity contribution is 6.12. The second-order valence-electron chi connectivity index (χ2n) is 9.07. The minimum absolute atomic E-state index is 0.856. The maximum Gasteiger partial charge on any atom is 0.165 e. The van der Waals surface area contributed by atoms with Crippen LogP contribution in [-0.2, 0) is 0 Å². The SMILES string of the molecule is c1ccc(-n2c3ccc(-c4cccc5c4oc4ccccc45)cc3c3nc4ccccc4nc32)cc1. The van der Waals surface area contributed by atoms with Gasteiger partial charge in [0.15, 0.2) is 5.65 Å². The van der Waals surface area contributed by atoms with E-state index in [1.807, 2.05) is 42.5 Å². The molecule has 4 heteroatoms. The van der Waals surface area contributed by atoms with Gasteiger partial charge in [0.1, 0.15) is 16.7 Å². The van der Waals surface area contributed by atoms with E-state index in [-0.39, 0.29) is 0 Å². The van der Waals surface area contributed by atoms with Gasteiger partial charge in [0.05, 0.1) is 16.6 Å². The Balaban J connectivity index is 1.47. The summed E-state index contributed by atoms with van der Waals surface area (Å²) in [4.78, 5) is 10.1. The van der Waals surface area contributed by atoms with E-state index in [4.69, 9.17) is 14.4 Å². The number of benzene rings is 5. The van der Waals surface area contributed by atoms with Crippen molar-refractivity contribution in [3.8, 4) is 16.8 Å².